The van der Waals surface area contributed by atoms with E-state index in [1.807, 2.05) is 11.9 Å². The summed E-state index contributed by atoms with van der Waals surface area (Å²) in [4.78, 5) is 20.3. The van der Waals surface area contributed by atoms with E-state index in [4.69, 9.17) is 0 Å². The quantitative estimate of drug-likeness (QED) is 0.604. The molecule has 0 radical (unpaired) electrons. The van der Waals surface area contributed by atoms with Crippen LogP contribution in [0.2, 0.25) is 0 Å². The lowest BCUT2D eigenvalue weighted by Gasteiger charge is -2.28. The van der Waals surface area contributed by atoms with Crippen LogP contribution in [0.15, 0.2) is 4.99 Å². The first-order valence-corrected chi connectivity index (χ1v) is 7.38. The fourth-order valence-corrected chi connectivity index (χ4v) is 2.30. The van der Waals surface area contributed by atoms with Gasteiger partial charge in [-0.15, -0.1) is 0 Å². The van der Waals surface area contributed by atoms with E-state index in [0.29, 0.717) is 6.54 Å². The Morgan fingerprint density at radius 3 is 2.58 bits per heavy atom. The molecule has 0 spiro atoms. The van der Waals surface area contributed by atoms with E-state index in [-0.39, 0.29) is 5.91 Å². The number of carbonyl (C=O) groups excluding carboxylic acids is 1. The van der Waals surface area contributed by atoms with Crippen molar-refractivity contribution in [1.29, 1.82) is 0 Å². The van der Waals surface area contributed by atoms with Crippen LogP contribution < -0.4 is 5.32 Å². The predicted molar refractivity (Wildman–Crippen MR) is 79.3 cm³/mol. The van der Waals surface area contributed by atoms with Crippen molar-refractivity contribution in [2.24, 2.45) is 4.99 Å². The molecule has 1 heterocycles. The fraction of sp³-hybridized carbons (Fsp3) is 0.857. The Kier molecular flexibility index (Phi) is 7.30. The first kappa shape index (κ1) is 15.8. The summed E-state index contributed by atoms with van der Waals surface area (Å²) >= 11 is 0. The van der Waals surface area contributed by atoms with E-state index in [1.54, 1.807) is 7.05 Å². The molecule has 0 unspecified atom stereocenters. The van der Waals surface area contributed by atoms with Crippen LogP contribution >= 0.6 is 0 Å². The lowest BCUT2D eigenvalue weighted by atomic mass is 10.1. The molecule has 19 heavy (non-hydrogen) atoms. The summed E-state index contributed by atoms with van der Waals surface area (Å²) in [6.07, 6.45) is 5.82. The number of piperidine rings is 1. The summed E-state index contributed by atoms with van der Waals surface area (Å²) < 4.78 is 0. The minimum absolute atomic E-state index is 0.185. The number of guanidine groups is 1. The maximum Gasteiger partial charge on any atom is 0.241 e. The van der Waals surface area contributed by atoms with Gasteiger partial charge in [-0.1, -0.05) is 13.3 Å². The largest absolute Gasteiger partial charge is 0.347 e. The highest BCUT2D eigenvalue weighted by molar-refractivity contribution is 5.86. The third-order valence-electron chi connectivity index (χ3n) is 3.53. The molecular formula is C14H28N4O. The zero-order valence-electron chi connectivity index (χ0n) is 12.6. The number of unbranched alkanes of at least 4 members (excludes halogenated alkanes) is 1. The molecule has 0 aliphatic carbocycles. The third kappa shape index (κ3) is 5.49. The van der Waals surface area contributed by atoms with Gasteiger partial charge in [-0.05, 0) is 25.7 Å². The van der Waals surface area contributed by atoms with Crippen molar-refractivity contribution in [1.82, 2.24) is 15.1 Å². The molecule has 1 amide bonds. The van der Waals surface area contributed by atoms with Gasteiger partial charge in [-0.2, -0.15) is 0 Å². The summed E-state index contributed by atoms with van der Waals surface area (Å²) in [5.41, 5.74) is 0. The van der Waals surface area contributed by atoms with Crippen LogP contribution in [0.25, 0.3) is 0 Å². The van der Waals surface area contributed by atoms with E-state index in [0.717, 1.165) is 51.3 Å². The van der Waals surface area contributed by atoms with Crippen molar-refractivity contribution in [3.05, 3.63) is 0 Å². The number of rotatable bonds is 5. The van der Waals surface area contributed by atoms with Crippen molar-refractivity contribution >= 4 is 11.9 Å². The number of carbonyl (C=O) groups is 1. The molecular weight excluding hydrogens is 240 g/mol. The van der Waals surface area contributed by atoms with Crippen LogP contribution in [0.1, 0.15) is 39.0 Å². The standard InChI is InChI=1S/C14H28N4O/c1-4-5-9-17(3)14(15-2)16-12-13(19)18-10-7-6-8-11-18/h4-12H2,1-3H3,(H,15,16). The second-order valence-electron chi connectivity index (χ2n) is 5.12. The van der Waals surface area contributed by atoms with E-state index >= 15 is 0 Å². The number of aliphatic imine (C=N–C) groups is 1. The summed E-state index contributed by atoms with van der Waals surface area (Å²) in [5.74, 6) is 0.989. The first-order chi connectivity index (χ1) is 9.19. The Morgan fingerprint density at radius 1 is 1.32 bits per heavy atom. The maximum absolute atomic E-state index is 12.0. The van der Waals surface area contributed by atoms with Gasteiger partial charge in [-0.25, -0.2) is 0 Å². The molecule has 1 fully saturated rings. The van der Waals surface area contributed by atoms with Crippen molar-refractivity contribution in [2.75, 3.05) is 40.3 Å². The molecule has 1 aliphatic rings. The molecule has 0 aromatic rings. The molecule has 1 rings (SSSR count). The maximum atomic E-state index is 12.0. The fourth-order valence-electron chi connectivity index (χ4n) is 2.30. The lowest BCUT2D eigenvalue weighted by Crippen LogP contribution is -2.46. The zero-order chi connectivity index (χ0) is 14.1. The Balaban J connectivity index is 2.33. The third-order valence-corrected chi connectivity index (χ3v) is 3.53. The van der Waals surface area contributed by atoms with E-state index in [2.05, 4.69) is 22.1 Å². The summed E-state index contributed by atoms with van der Waals surface area (Å²) in [6.45, 7) is 5.30. The van der Waals surface area contributed by atoms with Crippen LogP contribution in [-0.2, 0) is 4.79 Å². The second-order valence-corrected chi connectivity index (χ2v) is 5.12. The number of hydrogen-bond donors (Lipinski definition) is 1. The predicted octanol–water partition coefficient (Wildman–Crippen LogP) is 1.31. The van der Waals surface area contributed by atoms with Gasteiger partial charge in [0, 0.05) is 33.7 Å². The number of nitrogens with one attached hydrogen (secondary N) is 1. The molecule has 0 atom stereocenters. The van der Waals surface area contributed by atoms with Gasteiger partial charge < -0.3 is 15.1 Å². The van der Waals surface area contributed by atoms with E-state index in [1.165, 1.54) is 6.42 Å². The minimum Gasteiger partial charge on any atom is -0.347 e. The molecule has 1 N–H and O–H groups in total. The van der Waals surface area contributed by atoms with Gasteiger partial charge in [0.15, 0.2) is 5.96 Å². The molecule has 1 aliphatic heterocycles. The Morgan fingerprint density at radius 2 is 2.00 bits per heavy atom. The van der Waals surface area contributed by atoms with E-state index < -0.39 is 0 Å². The van der Waals surface area contributed by atoms with Crippen molar-refractivity contribution in [2.45, 2.75) is 39.0 Å². The normalized spacial score (nSPS) is 16.4. The molecule has 110 valence electrons. The smallest absolute Gasteiger partial charge is 0.241 e. The molecule has 5 nitrogen and oxygen atoms in total. The second kappa shape index (κ2) is 8.77. The average molecular weight is 268 g/mol. The molecule has 0 aromatic carbocycles. The molecule has 0 bridgehead atoms. The van der Waals surface area contributed by atoms with Gasteiger partial charge in [-0.3, -0.25) is 9.79 Å². The van der Waals surface area contributed by atoms with Crippen molar-refractivity contribution in [3.8, 4) is 0 Å². The van der Waals surface area contributed by atoms with Crippen molar-refractivity contribution in [3.63, 3.8) is 0 Å². The molecule has 0 saturated carbocycles. The number of hydrogen-bond acceptors (Lipinski definition) is 2. The summed E-state index contributed by atoms with van der Waals surface area (Å²) in [5, 5.41) is 3.16. The van der Waals surface area contributed by atoms with E-state index in [9.17, 15) is 4.79 Å². The first-order valence-electron chi connectivity index (χ1n) is 7.38. The zero-order valence-corrected chi connectivity index (χ0v) is 12.6. The SMILES string of the molecule is CCCCN(C)C(=NC)NCC(=O)N1CCCCC1. The summed E-state index contributed by atoms with van der Waals surface area (Å²) in [6, 6.07) is 0. The van der Waals surface area contributed by atoms with Gasteiger partial charge in [0.25, 0.3) is 0 Å². The van der Waals surface area contributed by atoms with Gasteiger partial charge >= 0.3 is 0 Å². The van der Waals surface area contributed by atoms with Crippen molar-refractivity contribution < 1.29 is 4.79 Å². The Hall–Kier alpha value is -1.26. The van der Waals surface area contributed by atoms with Crippen LogP contribution in [-0.4, -0.2) is 61.9 Å². The lowest BCUT2D eigenvalue weighted by molar-refractivity contribution is -0.130. The Bertz CT molecular complexity index is 298. The summed E-state index contributed by atoms with van der Waals surface area (Å²) in [7, 11) is 3.77. The van der Waals surface area contributed by atoms with Gasteiger partial charge in [0.2, 0.25) is 5.91 Å². The Labute approximate surface area is 117 Å². The molecule has 5 heteroatoms. The molecule has 0 aromatic heterocycles. The van der Waals surface area contributed by atoms with Gasteiger partial charge in [0.1, 0.15) is 0 Å². The topological polar surface area (TPSA) is 47.9 Å². The monoisotopic (exact) mass is 268 g/mol. The molecule has 1 saturated heterocycles. The van der Waals surface area contributed by atoms with Crippen LogP contribution in [0.3, 0.4) is 0 Å². The number of likely N-dealkylation sites (tertiary alicyclic amines) is 1. The van der Waals surface area contributed by atoms with Crippen LogP contribution in [0.4, 0.5) is 0 Å². The van der Waals surface area contributed by atoms with Crippen LogP contribution in [0, 0.1) is 0 Å². The average Bonchev–Trinajstić information content (AvgIpc) is 2.46. The highest BCUT2D eigenvalue weighted by atomic mass is 16.2. The number of amides is 1. The van der Waals surface area contributed by atoms with Gasteiger partial charge in [0.05, 0.1) is 6.54 Å². The minimum atomic E-state index is 0.185. The van der Waals surface area contributed by atoms with Crippen LogP contribution in [0.5, 0.6) is 0 Å². The highest BCUT2D eigenvalue weighted by Gasteiger charge is 2.16. The highest BCUT2D eigenvalue weighted by Crippen LogP contribution is 2.08. The number of nitrogens with zero attached hydrogens (tertiary/aromatic N) is 3.